The summed E-state index contributed by atoms with van der Waals surface area (Å²) in [6.07, 6.45) is 0. The smallest absolute Gasteiger partial charge is 0.339 e. The molecule has 0 radical (unpaired) electrons. The van der Waals surface area contributed by atoms with Crippen molar-refractivity contribution in [3.05, 3.63) is 29.8 Å². The van der Waals surface area contributed by atoms with Crippen LogP contribution in [-0.2, 0) is 4.74 Å². The minimum atomic E-state index is -0.483. The minimum Gasteiger partial charge on any atom is -0.465 e. The SMILES string of the molecule is COC(=O)c1ccccc1NCC(C)(C)C#N. The number of nitriles is 1. The molecule has 1 aromatic rings. The molecule has 0 fully saturated rings. The van der Waals surface area contributed by atoms with Gasteiger partial charge in [0, 0.05) is 12.2 Å². The lowest BCUT2D eigenvalue weighted by Crippen LogP contribution is -2.22. The van der Waals surface area contributed by atoms with E-state index in [4.69, 9.17) is 10.00 Å². The summed E-state index contributed by atoms with van der Waals surface area (Å²) in [7, 11) is 1.35. The Kier molecular flexibility index (Phi) is 4.11. The van der Waals surface area contributed by atoms with E-state index in [-0.39, 0.29) is 5.97 Å². The molecular weight excluding hydrogens is 216 g/mol. The van der Waals surface area contributed by atoms with E-state index < -0.39 is 5.41 Å². The average molecular weight is 232 g/mol. The second kappa shape index (κ2) is 5.35. The zero-order chi connectivity index (χ0) is 12.9. The molecule has 0 heterocycles. The number of para-hydroxylation sites is 1. The molecule has 0 aromatic heterocycles. The monoisotopic (exact) mass is 232 g/mol. The van der Waals surface area contributed by atoms with Gasteiger partial charge in [0.1, 0.15) is 0 Å². The molecule has 17 heavy (non-hydrogen) atoms. The predicted molar refractivity (Wildman–Crippen MR) is 65.7 cm³/mol. The van der Waals surface area contributed by atoms with Crippen molar-refractivity contribution in [3.8, 4) is 6.07 Å². The molecule has 1 N–H and O–H groups in total. The molecule has 0 saturated carbocycles. The van der Waals surface area contributed by atoms with Crippen molar-refractivity contribution < 1.29 is 9.53 Å². The average Bonchev–Trinajstić information content (AvgIpc) is 2.36. The van der Waals surface area contributed by atoms with E-state index in [0.717, 1.165) is 0 Å². The molecule has 1 aromatic carbocycles. The van der Waals surface area contributed by atoms with Gasteiger partial charge >= 0.3 is 5.97 Å². The molecular formula is C13H16N2O2. The molecule has 0 aliphatic rings. The normalized spacial score (nSPS) is 10.5. The Morgan fingerprint density at radius 2 is 2.12 bits per heavy atom. The van der Waals surface area contributed by atoms with Gasteiger partial charge in [-0.05, 0) is 26.0 Å². The third-order valence-electron chi connectivity index (χ3n) is 2.36. The zero-order valence-corrected chi connectivity index (χ0v) is 10.3. The summed E-state index contributed by atoms with van der Waals surface area (Å²) in [5, 5.41) is 12.0. The van der Waals surface area contributed by atoms with Crippen LogP contribution in [0.15, 0.2) is 24.3 Å². The highest BCUT2D eigenvalue weighted by Gasteiger charge is 2.18. The summed E-state index contributed by atoms with van der Waals surface area (Å²) in [5.41, 5.74) is 0.676. The van der Waals surface area contributed by atoms with E-state index in [1.807, 2.05) is 19.9 Å². The molecule has 0 spiro atoms. The van der Waals surface area contributed by atoms with Crippen molar-refractivity contribution in [2.45, 2.75) is 13.8 Å². The number of nitrogens with zero attached hydrogens (tertiary/aromatic N) is 1. The van der Waals surface area contributed by atoms with Gasteiger partial charge < -0.3 is 10.1 Å². The van der Waals surface area contributed by atoms with Crippen LogP contribution in [0.4, 0.5) is 5.69 Å². The first-order chi connectivity index (χ1) is 8.00. The number of benzene rings is 1. The van der Waals surface area contributed by atoms with Crippen molar-refractivity contribution in [2.24, 2.45) is 5.41 Å². The van der Waals surface area contributed by atoms with Gasteiger partial charge in [-0.15, -0.1) is 0 Å². The molecule has 0 unspecified atom stereocenters. The maximum Gasteiger partial charge on any atom is 0.339 e. The van der Waals surface area contributed by atoms with Crippen LogP contribution in [0.3, 0.4) is 0 Å². The number of carbonyl (C=O) groups excluding carboxylic acids is 1. The van der Waals surface area contributed by atoms with Gasteiger partial charge in [0.05, 0.1) is 24.2 Å². The molecule has 90 valence electrons. The van der Waals surface area contributed by atoms with Gasteiger partial charge in [-0.2, -0.15) is 5.26 Å². The molecule has 1 rings (SSSR count). The lowest BCUT2D eigenvalue weighted by atomic mass is 9.96. The van der Waals surface area contributed by atoms with Gasteiger partial charge in [-0.1, -0.05) is 12.1 Å². The third-order valence-corrected chi connectivity index (χ3v) is 2.36. The number of ether oxygens (including phenoxy) is 1. The van der Waals surface area contributed by atoms with Crippen LogP contribution in [0.5, 0.6) is 0 Å². The van der Waals surface area contributed by atoms with Crippen molar-refractivity contribution in [1.82, 2.24) is 0 Å². The molecule has 4 nitrogen and oxygen atoms in total. The highest BCUT2D eigenvalue weighted by molar-refractivity contribution is 5.95. The van der Waals surface area contributed by atoms with Crippen LogP contribution < -0.4 is 5.32 Å². The van der Waals surface area contributed by atoms with Crippen LogP contribution >= 0.6 is 0 Å². The summed E-state index contributed by atoms with van der Waals surface area (Å²) in [6, 6.07) is 9.27. The Balaban J connectivity index is 2.85. The van der Waals surface area contributed by atoms with Crippen molar-refractivity contribution in [2.75, 3.05) is 19.0 Å². The van der Waals surface area contributed by atoms with Crippen molar-refractivity contribution in [3.63, 3.8) is 0 Å². The summed E-state index contributed by atoms with van der Waals surface area (Å²) < 4.78 is 4.69. The largest absolute Gasteiger partial charge is 0.465 e. The first-order valence-electron chi connectivity index (χ1n) is 5.32. The van der Waals surface area contributed by atoms with Crippen LogP contribution in [0.2, 0.25) is 0 Å². The molecule has 0 aliphatic carbocycles. The van der Waals surface area contributed by atoms with E-state index in [0.29, 0.717) is 17.8 Å². The number of nitrogens with one attached hydrogen (secondary N) is 1. The van der Waals surface area contributed by atoms with Crippen molar-refractivity contribution >= 4 is 11.7 Å². The lowest BCUT2D eigenvalue weighted by molar-refractivity contribution is 0.0602. The predicted octanol–water partition coefficient (Wildman–Crippen LogP) is 2.43. The van der Waals surface area contributed by atoms with E-state index in [9.17, 15) is 4.79 Å². The van der Waals surface area contributed by atoms with E-state index in [1.165, 1.54) is 7.11 Å². The number of methoxy groups -OCH3 is 1. The number of hydrogen-bond acceptors (Lipinski definition) is 4. The highest BCUT2D eigenvalue weighted by Crippen LogP contribution is 2.19. The molecule has 0 bridgehead atoms. The Hall–Kier alpha value is -2.02. The second-order valence-corrected chi connectivity index (χ2v) is 4.39. The van der Waals surface area contributed by atoms with Gasteiger partial charge in [0.2, 0.25) is 0 Å². The Morgan fingerprint density at radius 3 is 2.71 bits per heavy atom. The topological polar surface area (TPSA) is 62.1 Å². The van der Waals surface area contributed by atoms with Gasteiger partial charge in [0.25, 0.3) is 0 Å². The minimum absolute atomic E-state index is 0.386. The maximum atomic E-state index is 11.5. The summed E-state index contributed by atoms with van der Waals surface area (Å²) in [5.74, 6) is -0.386. The maximum absolute atomic E-state index is 11.5. The number of rotatable bonds is 4. The number of hydrogen-bond donors (Lipinski definition) is 1. The summed E-state index contributed by atoms with van der Waals surface area (Å²) >= 11 is 0. The molecule has 0 amide bonds. The standard InChI is InChI=1S/C13H16N2O2/c1-13(2,8-14)9-15-11-7-5-4-6-10(11)12(16)17-3/h4-7,15H,9H2,1-3H3. The van der Waals surface area contributed by atoms with Gasteiger partial charge in [0.15, 0.2) is 0 Å². The fourth-order valence-corrected chi connectivity index (χ4v) is 1.28. The third kappa shape index (κ3) is 3.49. The molecule has 0 saturated heterocycles. The quantitative estimate of drug-likeness (QED) is 0.810. The van der Waals surface area contributed by atoms with Crippen LogP contribution in [0.1, 0.15) is 24.2 Å². The Bertz CT molecular complexity index is 447. The first-order valence-corrected chi connectivity index (χ1v) is 5.32. The Labute approximate surface area is 101 Å². The number of esters is 1. The van der Waals surface area contributed by atoms with E-state index >= 15 is 0 Å². The first kappa shape index (κ1) is 13.0. The van der Waals surface area contributed by atoms with Gasteiger partial charge in [-0.25, -0.2) is 4.79 Å². The fourth-order valence-electron chi connectivity index (χ4n) is 1.28. The van der Waals surface area contributed by atoms with E-state index in [2.05, 4.69) is 11.4 Å². The lowest BCUT2D eigenvalue weighted by Gasteiger charge is -2.18. The van der Waals surface area contributed by atoms with Crippen molar-refractivity contribution in [1.29, 1.82) is 5.26 Å². The molecule has 0 atom stereocenters. The zero-order valence-electron chi connectivity index (χ0n) is 10.3. The van der Waals surface area contributed by atoms with Gasteiger partial charge in [-0.3, -0.25) is 0 Å². The molecule has 0 aliphatic heterocycles. The van der Waals surface area contributed by atoms with E-state index in [1.54, 1.807) is 18.2 Å². The summed E-state index contributed by atoms with van der Waals surface area (Å²) in [6.45, 7) is 4.14. The second-order valence-electron chi connectivity index (χ2n) is 4.39. The van der Waals surface area contributed by atoms with Crippen LogP contribution in [0, 0.1) is 16.7 Å². The highest BCUT2D eigenvalue weighted by atomic mass is 16.5. The fraction of sp³-hybridized carbons (Fsp3) is 0.385. The Morgan fingerprint density at radius 1 is 1.47 bits per heavy atom. The number of anilines is 1. The van der Waals surface area contributed by atoms with Crippen LogP contribution in [0.25, 0.3) is 0 Å². The summed E-state index contributed by atoms with van der Waals surface area (Å²) in [4.78, 5) is 11.5. The molecule has 4 heteroatoms. The number of carbonyl (C=O) groups is 1. The van der Waals surface area contributed by atoms with Crippen LogP contribution in [-0.4, -0.2) is 19.6 Å².